The number of aryl methyl sites for hydroxylation is 4. The van der Waals surface area contributed by atoms with E-state index in [9.17, 15) is 0 Å². The van der Waals surface area contributed by atoms with E-state index in [1.807, 2.05) is 0 Å². The fraction of sp³-hybridized carbons (Fsp3) is 0.235. The minimum atomic E-state index is 0.811. The summed E-state index contributed by atoms with van der Waals surface area (Å²) in [4.78, 5) is 4.76. The van der Waals surface area contributed by atoms with Gasteiger partial charge in [-0.05, 0) is 74.2 Å². The van der Waals surface area contributed by atoms with Crippen molar-refractivity contribution < 1.29 is 0 Å². The van der Waals surface area contributed by atoms with Crippen molar-refractivity contribution >= 4 is 33.4 Å². The number of halogens is 1. The Bertz CT molecular complexity index is 753. The number of nitrogens with zero attached hydrogens (tertiary/aromatic N) is 1. The van der Waals surface area contributed by atoms with Gasteiger partial charge in [-0.3, -0.25) is 0 Å². The predicted molar refractivity (Wildman–Crippen MR) is 83.2 cm³/mol. The molecule has 0 aliphatic rings. The summed E-state index contributed by atoms with van der Waals surface area (Å²) < 4.78 is 0. The maximum Gasteiger partial charge on any atom is 0.0727 e. The zero-order valence-electron chi connectivity index (χ0n) is 11.6. The Morgan fingerprint density at radius 2 is 1.05 bits per heavy atom. The van der Waals surface area contributed by atoms with Gasteiger partial charge in [0.25, 0.3) is 0 Å². The average Bonchev–Trinajstić information content (AvgIpc) is 2.35. The SMILES string of the molecule is Cc1cc2nc3cc(C)c(C)cc3c(Cl)c2cc1C. The number of pyridine rings is 1. The largest absolute Gasteiger partial charge is 0.248 e. The van der Waals surface area contributed by atoms with Crippen LogP contribution in [-0.2, 0) is 0 Å². The Morgan fingerprint density at radius 3 is 1.47 bits per heavy atom. The van der Waals surface area contributed by atoms with Crippen LogP contribution >= 0.6 is 11.6 Å². The highest BCUT2D eigenvalue weighted by molar-refractivity contribution is 6.40. The maximum absolute atomic E-state index is 6.58. The first-order chi connectivity index (χ1) is 8.97. The van der Waals surface area contributed by atoms with Crippen LogP contribution in [0.25, 0.3) is 21.8 Å². The third-order valence-electron chi connectivity index (χ3n) is 3.94. The minimum Gasteiger partial charge on any atom is -0.248 e. The second-order valence-corrected chi connectivity index (χ2v) is 5.71. The highest BCUT2D eigenvalue weighted by atomic mass is 35.5. The van der Waals surface area contributed by atoms with Crippen LogP contribution in [0.15, 0.2) is 24.3 Å². The van der Waals surface area contributed by atoms with Crippen LogP contribution in [0.4, 0.5) is 0 Å². The first kappa shape index (κ1) is 12.4. The van der Waals surface area contributed by atoms with Crippen molar-refractivity contribution in [3.8, 4) is 0 Å². The van der Waals surface area contributed by atoms with E-state index in [-0.39, 0.29) is 0 Å². The van der Waals surface area contributed by atoms with Crippen molar-refractivity contribution in [1.82, 2.24) is 4.98 Å². The van der Waals surface area contributed by atoms with Gasteiger partial charge in [0.1, 0.15) is 0 Å². The molecule has 19 heavy (non-hydrogen) atoms. The van der Waals surface area contributed by atoms with Gasteiger partial charge in [-0.2, -0.15) is 0 Å². The Labute approximate surface area is 118 Å². The van der Waals surface area contributed by atoms with Crippen LogP contribution in [0.2, 0.25) is 5.02 Å². The van der Waals surface area contributed by atoms with Crippen molar-refractivity contribution in [1.29, 1.82) is 0 Å². The molecule has 1 nitrogen and oxygen atoms in total. The van der Waals surface area contributed by atoms with Crippen LogP contribution < -0.4 is 0 Å². The molecule has 3 aromatic rings. The summed E-state index contributed by atoms with van der Waals surface area (Å²) in [6.07, 6.45) is 0. The van der Waals surface area contributed by atoms with Gasteiger partial charge in [-0.25, -0.2) is 4.98 Å². The lowest BCUT2D eigenvalue weighted by atomic mass is 10.0. The van der Waals surface area contributed by atoms with E-state index in [0.717, 1.165) is 26.8 Å². The number of rotatable bonds is 0. The zero-order chi connectivity index (χ0) is 13.7. The maximum atomic E-state index is 6.58. The van der Waals surface area contributed by atoms with Crippen LogP contribution in [0, 0.1) is 27.7 Å². The van der Waals surface area contributed by atoms with Gasteiger partial charge in [0.05, 0.1) is 16.1 Å². The fourth-order valence-electron chi connectivity index (χ4n) is 2.41. The molecule has 96 valence electrons. The molecule has 0 spiro atoms. The van der Waals surface area contributed by atoms with Gasteiger partial charge in [-0.15, -0.1) is 0 Å². The normalized spacial score (nSPS) is 11.4. The van der Waals surface area contributed by atoms with Crippen molar-refractivity contribution in [2.24, 2.45) is 0 Å². The first-order valence-corrected chi connectivity index (χ1v) is 6.82. The molecule has 1 heterocycles. The molecule has 0 bridgehead atoms. The van der Waals surface area contributed by atoms with Gasteiger partial charge < -0.3 is 0 Å². The Kier molecular flexibility index (Phi) is 2.75. The molecule has 2 heteroatoms. The highest BCUT2D eigenvalue weighted by Gasteiger charge is 2.10. The summed E-state index contributed by atoms with van der Waals surface area (Å²) in [6, 6.07) is 8.50. The van der Waals surface area contributed by atoms with Crippen molar-refractivity contribution in [2.45, 2.75) is 27.7 Å². The zero-order valence-corrected chi connectivity index (χ0v) is 12.4. The van der Waals surface area contributed by atoms with Gasteiger partial charge in [0, 0.05) is 10.8 Å². The quantitative estimate of drug-likeness (QED) is 0.506. The molecule has 2 aromatic carbocycles. The van der Waals surface area contributed by atoms with E-state index in [1.54, 1.807) is 0 Å². The van der Waals surface area contributed by atoms with Gasteiger partial charge in [-0.1, -0.05) is 11.6 Å². The summed E-state index contributed by atoms with van der Waals surface area (Å²) in [5.41, 5.74) is 6.95. The summed E-state index contributed by atoms with van der Waals surface area (Å²) in [6.45, 7) is 8.43. The lowest BCUT2D eigenvalue weighted by Gasteiger charge is -2.10. The molecule has 1 aromatic heterocycles. The lowest BCUT2D eigenvalue weighted by molar-refractivity contribution is 1.33. The van der Waals surface area contributed by atoms with E-state index < -0.39 is 0 Å². The molecule has 3 rings (SSSR count). The van der Waals surface area contributed by atoms with Gasteiger partial charge >= 0.3 is 0 Å². The molecule has 0 aliphatic carbocycles. The van der Waals surface area contributed by atoms with Crippen molar-refractivity contribution in [2.75, 3.05) is 0 Å². The van der Waals surface area contributed by atoms with Crippen molar-refractivity contribution in [3.05, 3.63) is 51.5 Å². The van der Waals surface area contributed by atoms with Gasteiger partial charge in [0.15, 0.2) is 0 Å². The second-order valence-electron chi connectivity index (χ2n) is 5.33. The van der Waals surface area contributed by atoms with Crippen molar-refractivity contribution in [3.63, 3.8) is 0 Å². The Hall–Kier alpha value is -1.60. The molecule has 0 fully saturated rings. The third kappa shape index (κ3) is 1.89. The smallest absolute Gasteiger partial charge is 0.0727 e. The van der Waals surface area contributed by atoms with E-state index in [2.05, 4.69) is 52.0 Å². The monoisotopic (exact) mass is 269 g/mol. The third-order valence-corrected chi connectivity index (χ3v) is 4.35. The molecule has 0 unspecified atom stereocenters. The predicted octanol–water partition coefficient (Wildman–Crippen LogP) is 5.28. The standard InChI is InChI=1S/C17H16ClN/c1-9-5-13-15(7-11(9)3)19-16-8-12(4)10(2)6-14(16)17(13)18/h5-8H,1-4H3. The summed E-state index contributed by atoms with van der Waals surface area (Å²) in [5, 5.41) is 2.90. The van der Waals surface area contributed by atoms with E-state index in [4.69, 9.17) is 16.6 Å². The summed E-state index contributed by atoms with van der Waals surface area (Å²) >= 11 is 6.58. The summed E-state index contributed by atoms with van der Waals surface area (Å²) in [5.74, 6) is 0. The number of benzene rings is 2. The number of hydrogen-bond acceptors (Lipinski definition) is 1. The number of aromatic nitrogens is 1. The first-order valence-electron chi connectivity index (χ1n) is 6.45. The second kappa shape index (κ2) is 4.21. The molecule has 0 saturated heterocycles. The summed E-state index contributed by atoms with van der Waals surface area (Å²) in [7, 11) is 0. The molecular weight excluding hydrogens is 254 g/mol. The molecular formula is C17H16ClN. The molecule has 0 aliphatic heterocycles. The molecule has 0 N–H and O–H groups in total. The van der Waals surface area contributed by atoms with Crippen LogP contribution in [-0.4, -0.2) is 4.98 Å². The van der Waals surface area contributed by atoms with Crippen LogP contribution in [0.5, 0.6) is 0 Å². The Balaban J connectivity index is 2.52. The topological polar surface area (TPSA) is 12.9 Å². The molecule has 0 amide bonds. The minimum absolute atomic E-state index is 0.811. The molecule has 0 radical (unpaired) electrons. The van der Waals surface area contributed by atoms with E-state index in [1.165, 1.54) is 22.3 Å². The average molecular weight is 270 g/mol. The van der Waals surface area contributed by atoms with E-state index >= 15 is 0 Å². The van der Waals surface area contributed by atoms with Crippen LogP contribution in [0.3, 0.4) is 0 Å². The fourth-order valence-corrected chi connectivity index (χ4v) is 2.72. The lowest BCUT2D eigenvalue weighted by Crippen LogP contribution is -1.90. The molecule has 0 atom stereocenters. The number of hydrogen-bond donors (Lipinski definition) is 0. The Morgan fingerprint density at radius 1 is 0.684 bits per heavy atom. The van der Waals surface area contributed by atoms with Crippen LogP contribution in [0.1, 0.15) is 22.3 Å². The highest BCUT2D eigenvalue weighted by Crippen LogP contribution is 2.33. The number of fused-ring (bicyclic) bond motifs is 2. The van der Waals surface area contributed by atoms with E-state index in [0.29, 0.717) is 0 Å². The van der Waals surface area contributed by atoms with Gasteiger partial charge in [0.2, 0.25) is 0 Å². The molecule has 0 saturated carbocycles.